The lowest BCUT2D eigenvalue weighted by molar-refractivity contribution is 0.199. The van der Waals surface area contributed by atoms with Crippen LogP contribution in [-0.4, -0.2) is 45.2 Å². The van der Waals surface area contributed by atoms with E-state index >= 15 is 0 Å². The van der Waals surface area contributed by atoms with Crippen LogP contribution < -0.4 is 10.0 Å². The maximum Gasteiger partial charge on any atom is 0.342 e. The molecule has 0 radical (unpaired) electrons. The maximum absolute atomic E-state index is 13.3. The van der Waals surface area contributed by atoms with Crippen molar-refractivity contribution in [2.45, 2.75) is 17.4 Å². The molecule has 0 aliphatic carbocycles. The van der Waals surface area contributed by atoms with E-state index < -0.39 is 22.1 Å². The van der Waals surface area contributed by atoms with Crippen LogP contribution in [0.1, 0.15) is 23.6 Å². The summed E-state index contributed by atoms with van der Waals surface area (Å²) in [4.78, 5) is 25.1. The number of anilines is 2. The third kappa shape index (κ3) is 5.23. The maximum atomic E-state index is 13.3. The lowest BCUT2D eigenvalue weighted by Crippen LogP contribution is -2.31. The van der Waals surface area contributed by atoms with E-state index in [1.54, 1.807) is 48.8 Å². The first-order valence-corrected chi connectivity index (χ1v) is 12.6. The van der Waals surface area contributed by atoms with Crippen LogP contribution in [0, 0.1) is 0 Å². The molecule has 1 aliphatic heterocycles. The molecule has 0 saturated heterocycles. The number of carbonyl (C=O) groups excluding carboxylic acids is 1. The third-order valence-electron chi connectivity index (χ3n) is 5.62. The number of hydrogen-bond donors (Lipinski definition) is 3. The molecular formula is C25H21N7O4S. The SMILES string of the molecule is O=C(Nc1ccc(S(=O)(=O)Nc2ncccn2)cc1)N1N=C(c2cccnc2)CC1c1ccccc1O. The minimum absolute atomic E-state index is 0.0249. The fourth-order valence-electron chi connectivity index (χ4n) is 3.85. The zero-order chi connectivity index (χ0) is 25.8. The van der Waals surface area contributed by atoms with Crippen molar-refractivity contribution < 1.29 is 18.3 Å². The topological polar surface area (TPSA) is 150 Å². The van der Waals surface area contributed by atoms with E-state index in [4.69, 9.17) is 0 Å². The molecule has 12 heteroatoms. The molecule has 4 aromatic rings. The molecule has 186 valence electrons. The number of aromatic hydroxyl groups is 1. The molecule has 37 heavy (non-hydrogen) atoms. The predicted octanol–water partition coefficient (Wildman–Crippen LogP) is 3.76. The summed E-state index contributed by atoms with van der Waals surface area (Å²) in [7, 11) is -3.92. The molecule has 1 atom stereocenters. The van der Waals surface area contributed by atoms with E-state index in [-0.39, 0.29) is 16.6 Å². The molecule has 2 aromatic carbocycles. The highest BCUT2D eigenvalue weighted by molar-refractivity contribution is 7.92. The van der Waals surface area contributed by atoms with E-state index in [0.29, 0.717) is 23.4 Å². The summed E-state index contributed by atoms with van der Waals surface area (Å²) < 4.78 is 27.5. The first-order valence-electron chi connectivity index (χ1n) is 11.2. The lowest BCUT2D eigenvalue weighted by Gasteiger charge is -2.23. The summed E-state index contributed by atoms with van der Waals surface area (Å²) in [6, 6.07) is 16.5. The average molecular weight is 516 g/mol. The number of phenolic OH excluding ortho intramolecular Hbond substituents is 1. The standard InChI is InChI=1S/C25H21N7O4S/c33-23-7-2-1-6-20(23)22-15-21(17-5-3-12-26-16-17)30-32(22)25(34)29-18-8-10-19(11-9-18)37(35,36)31-24-27-13-4-14-28-24/h1-14,16,22,33H,15H2,(H,29,34)(H,27,28,31). The van der Waals surface area contributed by atoms with Crippen molar-refractivity contribution in [2.75, 3.05) is 10.0 Å². The van der Waals surface area contributed by atoms with Gasteiger partial charge in [0.05, 0.1) is 16.6 Å². The van der Waals surface area contributed by atoms with Crippen LogP contribution in [-0.2, 0) is 10.0 Å². The van der Waals surface area contributed by atoms with Gasteiger partial charge >= 0.3 is 6.03 Å². The highest BCUT2D eigenvalue weighted by atomic mass is 32.2. The number of nitrogens with zero attached hydrogens (tertiary/aromatic N) is 5. The number of sulfonamides is 1. The molecule has 0 spiro atoms. The van der Waals surface area contributed by atoms with Gasteiger partial charge in [-0.3, -0.25) is 4.98 Å². The second-order valence-corrected chi connectivity index (χ2v) is 9.73. The first-order chi connectivity index (χ1) is 17.9. The minimum atomic E-state index is -3.92. The van der Waals surface area contributed by atoms with Gasteiger partial charge in [0.2, 0.25) is 5.95 Å². The Bertz CT molecular complexity index is 1550. The van der Waals surface area contributed by atoms with Crippen LogP contribution in [0.4, 0.5) is 16.4 Å². The Balaban J connectivity index is 1.37. The summed E-state index contributed by atoms with van der Waals surface area (Å²) in [6.45, 7) is 0. The molecule has 2 aromatic heterocycles. The summed E-state index contributed by atoms with van der Waals surface area (Å²) in [5.74, 6) is 0.00351. The number of aromatic nitrogens is 3. The van der Waals surface area contributed by atoms with Crippen molar-refractivity contribution in [3.8, 4) is 5.75 Å². The molecular weight excluding hydrogens is 494 g/mol. The highest BCUT2D eigenvalue weighted by Crippen LogP contribution is 2.37. The summed E-state index contributed by atoms with van der Waals surface area (Å²) in [5.41, 5.74) is 2.33. The third-order valence-corrected chi connectivity index (χ3v) is 6.96. The molecule has 0 saturated carbocycles. The fourth-order valence-corrected chi connectivity index (χ4v) is 4.80. The van der Waals surface area contributed by atoms with E-state index in [0.717, 1.165) is 5.56 Å². The Hall–Kier alpha value is -4.84. The summed E-state index contributed by atoms with van der Waals surface area (Å²) in [6.07, 6.45) is 6.53. The van der Waals surface area contributed by atoms with Crippen molar-refractivity contribution >= 4 is 33.4 Å². The molecule has 0 bridgehead atoms. The Morgan fingerprint density at radius 3 is 2.41 bits per heavy atom. The van der Waals surface area contributed by atoms with Crippen molar-refractivity contribution in [2.24, 2.45) is 5.10 Å². The number of hydrogen-bond acceptors (Lipinski definition) is 8. The molecule has 2 amide bonds. The molecule has 1 aliphatic rings. The van der Waals surface area contributed by atoms with E-state index in [1.165, 1.54) is 41.7 Å². The average Bonchev–Trinajstić information content (AvgIpc) is 3.36. The van der Waals surface area contributed by atoms with Gasteiger partial charge in [0, 0.05) is 48.0 Å². The van der Waals surface area contributed by atoms with Crippen LogP contribution in [0.2, 0.25) is 0 Å². The number of nitrogens with one attached hydrogen (secondary N) is 2. The molecule has 11 nitrogen and oxygen atoms in total. The van der Waals surface area contributed by atoms with E-state index in [1.807, 2.05) is 6.07 Å². The Labute approximate surface area is 212 Å². The molecule has 3 heterocycles. The van der Waals surface area contributed by atoms with Gasteiger partial charge in [-0.05, 0) is 42.5 Å². The number of urea groups is 1. The Morgan fingerprint density at radius 2 is 1.70 bits per heavy atom. The quantitative estimate of drug-likeness (QED) is 0.354. The number of pyridine rings is 1. The van der Waals surface area contributed by atoms with Crippen molar-refractivity contribution in [1.29, 1.82) is 0 Å². The molecule has 0 fully saturated rings. The van der Waals surface area contributed by atoms with Crippen LogP contribution in [0.15, 0.2) is 102 Å². The zero-order valence-corrected chi connectivity index (χ0v) is 20.1. The molecule has 5 rings (SSSR count). The van der Waals surface area contributed by atoms with Gasteiger partial charge in [-0.25, -0.2) is 32.9 Å². The molecule has 3 N–H and O–H groups in total. The van der Waals surface area contributed by atoms with Gasteiger partial charge < -0.3 is 10.4 Å². The number of amides is 2. The molecule has 1 unspecified atom stereocenters. The zero-order valence-electron chi connectivity index (χ0n) is 19.3. The number of carbonyl (C=O) groups is 1. The number of hydrazone groups is 1. The van der Waals surface area contributed by atoms with E-state index in [9.17, 15) is 18.3 Å². The van der Waals surface area contributed by atoms with Crippen LogP contribution in [0.5, 0.6) is 5.75 Å². The highest BCUT2D eigenvalue weighted by Gasteiger charge is 2.34. The minimum Gasteiger partial charge on any atom is -0.508 e. The number of para-hydroxylation sites is 1. The normalized spacial score (nSPS) is 15.2. The second kappa shape index (κ2) is 10.0. The monoisotopic (exact) mass is 515 g/mol. The van der Waals surface area contributed by atoms with Crippen LogP contribution >= 0.6 is 0 Å². The van der Waals surface area contributed by atoms with Crippen LogP contribution in [0.25, 0.3) is 0 Å². The van der Waals surface area contributed by atoms with Gasteiger partial charge in [0.15, 0.2) is 0 Å². The number of rotatable bonds is 6. The van der Waals surface area contributed by atoms with Crippen molar-refractivity contribution in [3.63, 3.8) is 0 Å². The van der Waals surface area contributed by atoms with Gasteiger partial charge in [-0.1, -0.05) is 24.3 Å². The predicted molar refractivity (Wildman–Crippen MR) is 136 cm³/mol. The first kappa shape index (κ1) is 23.9. The van der Waals surface area contributed by atoms with Crippen molar-refractivity contribution in [3.05, 3.63) is 103 Å². The Kier molecular flexibility index (Phi) is 6.47. The van der Waals surface area contributed by atoms with Gasteiger partial charge in [-0.15, -0.1) is 0 Å². The fraction of sp³-hybridized carbons (Fsp3) is 0.0800. The second-order valence-electron chi connectivity index (χ2n) is 8.04. The van der Waals surface area contributed by atoms with Crippen molar-refractivity contribution in [1.82, 2.24) is 20.0 Å². The van der Waals surface area contributed by atoms with Gasteiger partial charge in [-0.2, -0.15) is 5.10 Å². The van der Waals surface area contributed by atoms with Gasteiger partial charge in [0.1, 0.15) is 5.75 Å². The summed E-state index contributed by atoms with van der Waals surface area (Å²) in [5, 5.41) is 19.0. The van der Waals surface area contributed by atoms with Crippen LogP contribution in [0.3, 0.4) is 0 Å². The largest absolute Gasteiger partial charge is 0.508 e. The lowest BCUT2D eigenvalue weighted by atomic mass is 9.98. The van der Waals surface area contributed by atoms with Gasteiger partial charge in [0.25, 0.3) is 10.0 Å². The summed E-state index contributed by atoms with van der Waals surface area (Å²) >= 11 is 0. The smallest absolute Gasteiger partial charge is 0.342 e. The number of phenols is 1. The van der Waals surface area contributed by atoms with E-state index in [2.05, 4.69) is 30.1 Å². The number of benzene rings is 2. The Morgan fingerprint density at radius 1 is 0.946 bits per heavy atom.